The molecule has 2 aromatic rings. The molecule has 1 atom stereocenters. The molecule has 2 aromatic carbocycles. The molecular formula is C27H36N2O5. The van der Waals surface area contributed by atoms with E-state index in [2.05, 4.69) is 0 Å². The molecule has 2 amide bonds. The van der Waals surface area contributed by atoms with Crippen LogP contribution in [-0.2, 0) is 32.1 Å². The Morgan fingerprint density at radius 1 is 0.853 bits per heavy atom. The Morgan fingerprint density at radius 3 is 2.03 bits per heavy atom. The molecule has 34 heavy (non-hydrogen) atoms. The number of carbonyl (C=O) groups excluding carboxylic acids is 3. The van der Waals surface area contributed by atoms with Crippen molar-refractivity contribution in [3.63, 3.8) is 0 Å². The average Bonchev–Trinajstić information content (AvgIpc) is 2.85. The van der Waals surface area contributed by atoms with Crippen LogP contribution in [0.3, 0.4) is 0 Å². The van der Waals surface area contributed by atoms with Gasteiger partial charge in [-0.3, -0.25) is 4.79 Å². The molecule has 0 N–H and O–H groups in total. The molecule has 2 rings (SSSR count). The molecule has 7 heteroatoms. The molecule has 0 fully saturated rings. The lowest BCUT2D eigenvalue weighted by Gasteiger charge is -2.23. The minimum atomic E-state index is -1.05. The van der Waals surface area contributed by atoms with Crippen LogP contribution in [0, 0.1) is 0 Å². The summed E-state index contributed by atoms with van der Waals surface area (Å²) in [4.78, 5) is 40.7. The van der Waals surface area contributed by atoms with Crippen molar-refractivity contribution in [3.8, 4) is 0 Å². The van der Waals surface area contributed by atoms with E-state index in [1.54, 1.807) is 19.0 Å². The summed E-state index contributed by atoms with van der Waals surface area (Å²) in [7, 11) is 3.42. The fourth-order valence-corrected chi connectivity index (χ4v) is 3.22. The number of amides is 2. The van der Waals surface area contributed by atoms with E-state index in [4.69, 9.17) is 9.47 Å². The molecule has 0 bridgehead atoms. The first-order valence-electron chi connectivity index (χ1n) is 11.7. The molecular weight excluding hydrogens is 432 g/mol. The largest absolute Gasteiger partial charge is 0.458 e. The first-order valence-corrected chi connectivity index (χ1v) is 11.7. The van der Waals surface area contributed by atoms with Crippen molar-refractivity contribution in [1.29, 1.82) is 0 Å². The van der Waals surface area contributed by atoms with Crippen LogP contribution in [0.15, 0.2) is 60.7 Å². The monoisotopic (exact) mass is 468 g/mol. The summed E-state index contributed by atoms with van der Waals surface area (Å²) in [6.45, 7) is 4.47. The predicted octanol–water partition coefficient (Wildman–Crippen LogP) is 4.45. The maximum absolute atomic E-state index is 12.8. The van der Waals surface area contributed by atoms with E-state index >= 15 is 0 Å². The van der Waals surface area contributed by atoms with Crippen molar-refractivity contribution in [2.45, 2.75) is 58.3 Å². The van der Waals surface area contributed by atoms with Crippen LogP contribution in [0.4, 0.5) is 4.79 Å². The van der Waals surface area contributed by atoms with Gasteiger partial charge in [0.15, 0.2) is 0 Å². The first-order chi connectivity index (χ1) is 16.3. The Labute approximate surface area is 202 Å². The summed E-state index contributed by atoms with van der Waals surface area (Å²) in [6, 6.07) is 18.9. The van der Waals surface area contributed by atoms with Crippen molar-refractivity contribution < 1.29 is 23.9 Å². The molecule has 0 aromatic heterocycles. The molecule has 184 valence electrons. The van der Waals surface area contributed by atoms with Crippen LogP contribution in [0.25, 0.3) is 0 Å². The maximum atomic E-state index is 12.8. The second-order valence-corrected chi connectivity index (χ2v) is 8.63. The van der Waals surface area contributed by atoms with E-state index in [1.807, 2.05) is 74.5 Å². The van der Waals surface area contributed by atoms with Gasteiger partial charge in [0.25, 0.3) is 0 Å². The topological polar surface area (TPSA) is 76.2 Å². The number of hydrogen-bond acceptors (Lipinski definition) is 5. The van der Waals surface area contributed by atoms with E-state index in [0.29, 0.717) is 25.8 Å². The highest BCUT2D eigenvalue weighted by Crippen LogP contribution is 2.12. The number of ether oxygens (including phenoxy) is 2. The smallest absolute Gasteiger partial charge is 0.410 e. The van der Waals surface area contributed by atoms with Gasteiger partial charge in [-0.2, -0.15) is 0 Å². The highest BCUT2D eigenvalue weighted by Gasteiger charge is 2.26. The SMILES string of the molecule is CC(C)N(C)C(=O)CCCCN(C)C(=O)O[C@@H](Cc1ccccc1)C(=O)OCc1ccccc1. The van der Waals surface area contributed by atoms with Gasteiger partial charge in [0, 0.05) is 39.5 Å². The number of rotatable bonds is 12. The minimum absolute atomic E-state index is 0.0873. The lowest BCUT2D eigenvalue weighted by molar-refractivity contribution is -0.155. The summed E-state index contributed by atoms with van der Waals surface area (Å²) in [5.41, 5.74) is 1.72. The van der Waals surface area contributed by atoms with Crippen molar-refractivity contribution in [2.24, 2.45) is 0 Å². The van der Waals surface area contributed by atoms with Gasteiger partial charge >= 0.3 is 12.1 Å². The zero-order chi connectivity index (χ0) is 24.9. The molecule has 0 saturated carbocycles. The summed E-state index contributed by atoms with van der Waals surface area (Å²) >= 11 is 0. The Kier molecular flexibility index (Phi) is 11.1. The van der Waals surface area contributed by atoms with Gasteiger partial charge in [0.1, 0.15) is 6.61 Å². The van der Waals surface area contributed by atoms with Gasteiger partial charge < -0.3 is 19.3 Å². The Bertz CT molecular complexity index is 902. The number of carbonyl (C=O) groups is 3. The highest BCUT2D eigenvalue weighted by atomic mass is 16.6. The van der Waals surface area contributed by atoms with Crippen molar-refractivity contribution in [1.82, 2.24) is 9.80 Å². The van der Waals surface area contributed by atoms with Crippen molar-refractivity contribution in [2.75, 3.05) is 20.6 Å². The van der Waals surface area contributed by atoms with Gasteiger partial charge in [-0.15, -0.1) is 0 Å². The zero-order valence-electron chi connectivity index (χ0n) is 20.6. The van der Waals surface area contributed by atoms with Crippen LogP contribution < -0.4 is 0 Å². The zero-order valence-corrected chi connectivity index (χ0v) is 20.6. The average molecular weight is 469 g/mol. The third kappa shape index (κ3) is 9.25. The summed E-state index contributed by atoms with van der Waals surface area (Å²) in [5, 5.41) is 0. The van der Waals surface area contributed by atoms with Gasteiger partial charge in [-0.05, 0) is 37.8 Å². The molecule has 0 aliphatic heterocycles. The normalized spacial score (nSPS) is 11.6. The summed E-state index contributed by atoms with van der Waals surface area (Å²) in [6.07, 6.45) is 0.334. The molecule has 0 unspecified atom stereocenters. The Balaban J connectivity index is 1.89. The van der Waals surface area contributed by atoms with E-state index in [-0.39, 0.29) is 25.0 Å². The van der Waals surface area contributed by atoms with E-state index in [1.165, 1.54) is 4.90 Å². The van der Waals surface area contributed by atoms with Gasteiger partial charge in [0.05, 0.1) is 0 Å². The Hall–Kier alpha value is -3.35. The molecule has 0 saturated heterocycles. The van der Waals surface area contributed by atoms with E-state index in [9.17, 15) is 14.4 Å². The third-order valence-electron chi connectivity index (χ3n) is 5.61. The van der Waals surface area contributed by atoms with Crippen LogP contribution in [0.1, 0.15) is 44.2 Å². The molecule has 0 aliphatic rings. The predicted molar refractivity (Wildman–Crippen MR) is 131 cm³/mol. The molecule has 0 aliphatic carbocycles. The third-order valence-corrected chi connectivity index (χ3v) is 5.61. The van der Waals surface area contributed by atoms with E-state index < -0.39 is 18.2 Å². The second kappa shape index (κ2) is 14.0. The van der Waals surface area contributed by atoms with Crippen LogP contribution >= 0.6 is 0 Å². The number of unbranched alkanes of at least 4 members (excludes halogenated alkanes) is 1. The summed E-state index contributed by atoms with van der Waals surface area (Å²) < 4.78 is 11.0. The van der Waals surface area contributed by atoms with Crippen LogP contribution in [0.5, 0.6) is 0 Å². The molecule has 0 radical (unpaired) electrons. The van der Waals surface area contributed by atoms with Crippen LogP contribution in [-0.4, -0.2) is 60.6 Å². The van der Waals surface area contributed by atoms with E-state index in [0.717, 1.165) is 11.1 Å². The number of nitrogens with zero attached hydrogens (tertiary/aromatic N) is 2. The van der Waals surface area contributed by atoms with Gasteiger partial charge in [-0.25, -0.2) is 9.59 Å². The molecule has 0 heterocycles. The number of esters is 1. The second-order valence-electron chi connectivity index (χ2n) is 8.63. The maximum Gasteiger partial charge on any atom is 0.410 e. The van der Waals surface area contributed by atoms with Crippen LogP contribution in [0.2, 0.25) is 0 Å². The Morgan fingerprint density at radius 2 is 1.44 bits per heavy atom. The number of benzene rings is 2. The van der Waals surface area contributed by atoms with Crippen molar-refractivity contribution in [3.05, 3.63) is 71.8 Å². The lowest BCUT2D eigenvalue weighted by atomic mass is 10.1. The minimum Gasteiger partial charge on any atom is -0.458 e. The standard InChI is InChI=1S/C27H36N2O5/c1-21(2)29(4)25(30)17-11-12-18-28(3)27(32)34-24(19-22-13-7-5-8-14-22)26(31)33-20-23-15-9-6-10-16-23/h5-10,13-16,21,24H,11-12,17-20H2,1-4H3/t24-/m0/s1. The highest BCUT2D eigenvalue weighted by molar-refractivity contribution is 5.79. The first kappa shape index (κ1) is 26.9. The number of hydrogen-bond donors (Lipinski definition) is 0. The summed E-state index contributed by atoms with van der Waals surface area (Å²) in [5.74, 6) is -0.499. The van der Waals surface area contributed by atoms with Gasteiger partial charge in [-0.1, -0.05) is 60.7 Å². The molecule has 7 nitrogen and oxygen atoms in total. The quantitative estimate of drug-likeness (QED) is 0.340. The lowest BCUT2D eigenvalue weighted by Crippen LogP contribution is -2.37. The fourth-order valence-electron chi connectivity index (χ4n) is 3.22. The molecule has 0 spiro atoms. The van der Waals surface area contributed by atoms with Gasteiger partial charge in [0.2, 0.25) is 12.0 Å². The fraction of sp³-hybridized carbons (Fsp3) is 0.444. The van der Waals surface area contributed by atoms with Crippen molar-refractivity contribution >= 4 is 18.0 Å².